The first-order valence-corrected chi connectivity index (χ1v) is 8.58. The molecule has 0 spiro atoms. The zero-order chi connectivity index (χ0) is 20.4. The first kappa shape index (κ1) is 20.6. The van der Waals surface area contributed by atoms with Crippen LogP contribution in [0.2, 0.25) is 0 Å². The first-order chi connectivity index (χ1) is 13.5. The number of rotatable bonds is 6. The van der Waals surface area contributed by atoms with Gasteiger partial charge in [0.15, 0.2) is 5.34 Å². The summed E-state index contributed by atoms with van der Waals surface area (Å²) in [6.07, 6.45) is 0. The third-order valence-corrected chi connectivity index (χ3v) is 4.08. The van der Waals surface area contributed by atoms with E-state index >= 15 is 0 Å². The number of nitrogens with zero attached hydrogens (tertiary/aromatic N) is 1. The normalized spacial score (nSPS) is 10.2. The second kappa shape index (κ2) is 9.83. The molecular weight excluding hydrogens is 354 g/mol. The Hall–Kier alpha value is -3.73. The maximum Gasteiger partial charge on any atom is 0.330 e. The highest BCUT2D eigenvalue weighted by Gasteiger charge is 2.39. The largest absolute Gasteiger partial charge is 0.478 e. The molecule has 0 bridgehead atoms. The van der Waals surface area contributed by atoms with Crippen LogP contribution in [0.5, 0.6) is 0 Å². The number of carboxylic acid groups (broad SMARTS) is 1. The minimum Gasteiger partial charge on any atom is -0.478 e. The summed E-state index contributed by atoms with van der Waals surface area (Å²) in [7, 11) is 0. The van der Waals surface area contributed by atoms with E-state index in [-0.39, 0.29) is 5.57 Å². The molecule has 0 radical (unpaired) electrons. The molecule has 1 N–H and O–H groups in total. The molecule has 28 heavy (non-hydrogen) atoms. The quantitative estimate of drug-likeness (QED) is 0.274. The Labute approximate surface area is 163 Å². The number of aliphatic carboxylic acids is 1. The van der Waals surface area contributed by atoms with Crippen LogP contribution in [0.15, 0.2) is 108 Å². The Bertz CT molecular complexity index is 800. The Balaban J connectivity index is 0.000000409. The van der Waals surface area contributed by atoms with Gasteiger partial charge in [0.1, 0.15) is 0 Å². The van der Waals surface area contributed by atoms with Gasteiger partial charge in [-0.2, -0.15) is 0 Å². The maximum atomic E-state index is 11.1. The van der Waals surface area contributed by atoms with Gasteiger partial charge in [-0.05, 0) is 6.92 Å². The molecule has 0 aliphatic heterocycles. The lowest BCUT2D eigenvalue weighted by atomic mass is 9.80. The predicted octanol–water partition coefficient (Wildman–Crippen LogP) is 5.32. The summed E-state index contributed by atoms with van der Waals surface area (Å²) in [6, 6.07) is 28.9. The highest BCUT2D eigenvalue weighted by Crippen LogP contribution is 2.40. The molecule has 142 valence electrons. The molecule has 5 heteroatoms. The number of hydrogen-bond donors (Lipinski definition) is 1. The minimum absolute atomic E-state index is 0.176. The van der Waals surface area contributed by atoms with Crippen molar-refractivity contribution < 1.29 is 14.7 Å². The van der Waals surface area contributed by atoms with Crippen molar-refractivity contribution in [3.05, 3.63) is 125 Å². The molecule has 3 rings (SSSR count). The lowest BCUT2D eigenvalue weighted by Crippen LogP contribution is -2.31. The number of hydrogen-bond acceptors (Lipinski definition) is 4. The summed E-state index contributed by atoms with van der Waals surface area (Å²) in [5, 5.41) is 10.7. The minimum atomic E-state index is -1.05. The van der Waals surface area contributed by atoms with Gasteiger partial charge in [0.25, 0.3) is 0 Å². The highest BCUT2D eigenvalue weighted by atomic mass is 16.7. The van der Waals surface area contributed by atoms with Gasteiger partial charge >= 0.3 is 5.97 Å². The van der Waals surface area contributed by atoms with Gasteiger partial charge in [-0.3, -0.25) is 0 Å². The van der Waals surface area contributed by atoms with Gasteiger partial charge in [0.05, 0.1) is 0 Å². The molecule has 5 nitrogen and oxygen atoms in total. The fourth-order valence-corrected chi connectivity index (χ4v) is 2.73. The van der Waals surface area contributed by atoms with Crippen LogP contribution in [-0.4, -0.2) is 11.1 Å². The van der Waals surface area contributed by atoms with Crippen LogP contribution >= 0.6 is 0 Å². The lowest BCUT2D eigenvalue weighted by Gasteiger charge is -2.31. The monoisotopic (exact) mass is 375 g/mol. The number of benzene rings is 3. The zero-order valence-electron chi connectivity index (χ0n) is 15.5. The van der Waals surface area contributed by atoms with Crippen LogP contribution < -0.4 is 0 Å². The van der Waals surface area contributed by atoms with Crippen molar-refractivity contribution in [1.82, 2.24) is 0 Å². The van der Waals surface area contributed by atoms with E-state index in [1.54, 1.807) is 0 Å². The van der Waals surface area contributed by atoms with E-state index in [1.165, 1.54) is 6.92 Å². The average molecular weight is 375 g/mol. The fraction of sp³-hybridized carbons (Fsp3) is 0.0870. The summed E-state index contributed by atoms with van der Waals surface area (Å²) in [6.45, 7) is 4.60. The van der Waals surface area contributed by atoms with Gasteiger partial charge in [-0.25, -0.2) is 4.79 Å². The van der Waals surface area contributed by atoms with Crippen LogP contribution in [0.25, 0.3) is 0 Å². The van der Waals surface area contributed by atoms with Crippen LogP contribution in [0, 0.1) is 4.91 Å². The molecule has 0 unspecified atom stereocenters. The van der Waals surface area contributed by atoms with E-state index < -0.39 is 11.6 Å². The first-order valence-electron chi connectivity index (χ1n) is 8.58. The van der Waals surface area contributed by atoms with Crippen molar-refractivity contribution >= 4 is 5.97 Å². The standard InChI is InChI=1S/C19H15NO2.C4H6O2/c21-20-22-19(16-10-4-1-5-11-16,17-12-6-2-7-13-17)18-14-8-3-9-15-18;1-3(2)4(5)6/h1-15H;1H2,2H3,(H,5,6). The molecule has 0 aliphatic rings. The lowest BCUT2D eigenvalue weighted by molar-refractivity contribution is -0.132. The summed E-state index contributed by atoms with van der Waals surface area (Å²) in [4.78, 5) is 26.1. The molecule has 0 heterocycles. The third kappa shape index (κ3) is 4.71. The molecular formula is C23H21NO4. The van der Waals surface area contributed by atoms with Crippen LogP contribution in [0.1, 0.15) is 23.6 Å². The van der Waals surface area contributed by atoms with E-state index in [4.69, 9.17) is 9.94 Å². The maximum absolute atomic E-state index is 11.1. The molecule has 3 aromatic rings. The van der Waals surface area contributed by atoms with E-state index in [0.29, 0.717) is 0 Å². The van der Waals surface area contributed by atoms with Crippen molar-refractivity contribution in [2.24, 2.45) is 5.34 Å². The molecule has 0 aromatic heterocycles. The zero-order valence-corrected chi connectivity index (χ0v) is 15.5. The van der Waals surface area contributed by atoms with Gasteiger partial charge in [0.2, 0.25) is 5.60 Å². The van der Waals surface area contributed by atoms with Crippen molar-refractivity contribution in [2.45, 2.75) is 12.5 Å². The third-order valence-electron chi connectivity index (χ3n) is 4.08. The highest BCUT2D eigenvalue weighted by molar-refractivity contribution is 5.84. The van der Waals surface area contributed by atoms with Crippen LogP contribution in [0.3, 0.4) is 0 Å². The Morgan fingerprint density at radius 1 is 0.821 bits per heavy atom. The molecule has 0 saturated heterocycles. The Kier molecular flexibility index (Phi) is 7.22. The molecule has 0 atom stereocenters. The fourth-order valence-electron chi connectivity index (χ4n) is 2.73. The van der Waals surface area contributed by atoms with E-state index in [2.05, 4.69) is 11.9 Å². The van der Waals surface area contributed by atoms with Gasteiger partial charge in [-0.15, -0.1) is 4.91 Å². The van der Waals surface area contributed by atoms with E-state index in [1.807, 2.05) is 91.0 Å². The van der Waals surface area contributed by atoms with Gasteiger partial charge < -0.3 is 9.94 Å². The summed E-state index contributed by atoms with van der Waals surface area (Å²) in [5.41, 5.74) is 1.69. The number of carboxylic acids is 1. The molecule has 3 aromatic carbocycles. The predicted molar refractivity (Wildman–Crippen MR) is 109 cm³/mol. The van der Waals surface area contributed by atoms with Crippen molar-refractivity contribution in [1.29, 1.82) is 0 Å². The van der Waals surface area contributed by atoms with Crippen molar-refractivity contribution in [3.8, 4) is 0 Å². The van der Waals surface area contributed by atoms with Crippen LogP contribution in [0.4, 0.5) is 0 Å². The number of carbonyl (C=O) groups is 1. The van der Waals surface area contributed by atoms with Crippen molar-refractivity contribution in [3.63, 3.8) is 0 Å². The van der Waals surface area contributed by atoms with E-state index in [9.17, 15) is 9.70 Å². The van der Waals surface area contributed by atoms with Crippen LogP contribution in [-0.2, 0) is 15.2 Å². The Morgan fingerprint density at radius 2 is 1.11 bits per heavy atom. The summed E-state index contributed by atoms with van der Waals surface area (Å²) < 4.78 is 0. The molecule has 0 fully saturated rings. The summed E-state index contributed by atoms with van der Waals surface area (Å²) >= 11 is 0. The van der Waals surface area contributed by atoms with Gasteiger partial charge in [-0.1, -0.05) is 97.6 Å². The summed E-state index contributed by atoms with van der Waals surface area (Å²) in [5.74, 6) is -0.935. The smallest absolute Gasteiger partial charge is 0.330 e. The Morgan fingerprint density at radius 3 is 1.32 bits per heavy atom. The molecule has 0 saturated carbocycles. The SMILES string of the molecule is C=C(C)C(=O)O.O=NOC(c1ccccc1)(c1ccccc1)c1ccccc1. The van der Waals surface area contributed by atoms with E-state index in [0.717, 1.165) is 16.7 Å². The van der Waals surface area contributed by atoms with Gasteiger partial charge in [0, 0.05) is 22.3 Å². The average Bonchev–Trinajstić information content (AvgIpc) is 2.74. The second-order valence-corrected chi connectivity index (χ2v) is 6.03. The molecule has 0 aliphatic carbocycles. The molecule has 0 amide bonds. The van der Waals surface area contributed by atoms with Crippen molar-refractivity contribution in [2.75, 3.05) is 0 Å². The second-order valence-electron chi connectivity index (χ2n) is 6.03. The topological polar surface area (TPSA) is 76.0 Å².